The van der Waals surface area contributed by atoms with E-state index < -0.39 is 5.54 Å². The van der Waals surface area contributed by atoms with E-state index in [1.165, 1.54) is 0 Å². The summed E-state index contributed by atoms with van der Waals surface area (Å²) in [5.41, 5.74) is -0.425. The summed E-state index contributed by atoms with van der Waals surface area (Å²) in [5, 5.41) is 3.19. The third-order valence-corrected chi connectivity index (χ3v) is 3.90. The van der Waals surface area contributed by atoms with Crippen molar-refractivity contribution in [1.29, 1.82) is 0 Å². The molecule has 1 aromatic heterocycles. The summed E-state index contributed by atoms with van der Waals surface area (Å²) >= 11 is 5.01. The zero-order valence-electron chi connectivity index (χ0n) is 9.26. The van der Waals surface area contributed by atoms with Crippen molar-refractivity contribution >= 4 is 33.0 Å². The van der Waals surface area contributed by atoms with Crippen LogP contribution in [0.2, 0.25) is 0 Å². The molecule has 1 heterocycles. The largest absolute Gasteiger partial charge is 0.306 e. The SMILES string of the molecule is CCNC(C)(C)C(=O)Cc1ccc(Br)s1. The molecule has 0 amide bonds. The summed E-state index contributed by atoms with van der Waals surface area (Å²) in [7, 11) is 0. The van der Waals surface area contributed by atoms with Crippen LogP contribution in [0.25, 0.3) is 0 Å². The van der Waals surface area contributed by atoms with Gasteiger partial charge in [-0.1, -0.05) is 6.92 Å². The van der Waals surface area contributed by atoms with Gasteiger partial charge in [-0.05, 0) is 48.5 Å². The van der Waals surface area contributed by atoms with Crippen LogP contribution < -0.4 is 5.32 Å². The molecule has 4 heteroatoms. The van der Waals surface area contributed by atoms with Crippen molar-refractivity contribution < 1.29 is 4.79 Å². The van der Waals surface area contributed by atoms with Crippen LogP contribution in [-0.4, -0.2) is 17.9 Å². The highest BCUT2D eigenvalue weighted by Crippen LogP contribution is 2.23. The number of Topliss-reactive ketones (excluding diaryl/α,β-unsaturated/α-hetero) is 1. The lowest BCUT2D eigenvalue weighted by atomic mass is 9.96. The molecule has 0 atom stereocenters. The monoisotopic (exact) mass is 289 g/mol. The average Bonchev–Trinajstić information content (AvgIpc) is 2.51. The number of ketones is 1. The van der Waals surface area contributed by atoms with Gasteiger partial charge in [0.05, 0.1) is 9.33 Å². The lowest BCUT2D eigenvalue weighted by Gasteiger charge is -2.23. The molecule has 0 aliphatic carbocycles. The summed E-state index contributed by atoms with van der Waals surface area (Å²) in [4.78, 5) is 13.1. The number of nitrogens with one attached hydrogen (secondary N) is 1. The molecule has 0 aliphatic heterocycles. The lowest BCUT2D eigenvalue weighted by Crippen LogP contribution is -2.47. The molecule has 0 saturated heterocycles. The maximum Gasteiger partial charge on any atom is 0.157 e. The van der Waals surface area contributed by atoms with E-state index in [9.17, 15) is 4.79 Å². The Kier molecular flexibility index (Phi) is 4.49. The highest BCUT2D eigenvalue weighted by molar-refractivity contribution is 9.11. The first-order valence-electron chi connectivity index (χ1n) is 4.98. The summed E-state index contributed by atoms with van der Waals surface area (Å²) < 4.78 is 1.08. The topological polar surface area (TPSA) is 29.1 Å². The lowest BCUT2D eigenvalue weighted by molar-refractivity contribution is -0.123. The molecular weight excluding hydrogens is 274 g/mol. The third-order valence-electron chi connectivity index (χ3n) is 2.28. The zero-order chi connectivity index (χ0) is 11.5. The highest BCUT2D eigenvalue weighted by Gasteiger charge is 2.26. The molecule has 1 aromatic rings. The smallest absolute Gasteiger partial charge is 0.157 e. The van der Waals surface area contributed by atoms with E-state index in [2.05, 4.69) is 21.2 Å². The van der Waals surface area contributed by atoms with Crippen molar-refractivity contribution in [2.24, 2.45) is 0 Å². The van der Waals surface area contributed by atoms with E-state index in [1.807, 2.05) is 32.9 Å². The van der Waals surface area contributed by atoms with Gasteiger partial charge in [-0.3, -0.25) is 4.79 Å². The van der Waals surface area contributed by atoms with Crippen molar-refractivity contribution in [3.8, 4) is 0 Å². The number of likely N-dealkylation sites (N-methyl/N-ethyl adjacent to an activating group) is 1. The van der Waals surface area contributed by atoms with Gasteiger partial charge in [0, 0.05) is 11.3 Å². The number of carbonyl (C=O) groups excluding carboxylic acids is 1. The van der Waals surface area contributed by atoms with Crippen LogP contribution >= 0.6 is 27.3 Å². The Hall–Kier alpha value is -0.190. The van der Waals surface area contributed by atoms with E-state index in [0.717, 1.165) is 15.2 Å². The Balaban J connectivity index is 2.63. The summed E-state index contributed by atoms with van der Waals surface area (Å²) in [5.74, 6) is 0.235. The van der Waals surface area contributed by atoms with Gasteiger partial charge in [-0.25, -0.2) is 0 Å². The molecule has 0 unspecified atom stereocenters. The number of halogens is 1. The zero-order valence-corrected chi connectivity index (χ0v) is 11.7. The van der Waals surface area contributed by atoms with Crippen LogP contribution in [0.4, 0.5) is 0 Å². The van der Waals surface area contributed by atoms with Crippen LogP contribution in [0.5, 0.6) is 0 Å². The van der Waals surface area contributed by atoms with Gasteiger partial charge in [-0.2, -0.15) is 0 Å². The number of rotatable bonds is 5. The fourth-order valence-corrected chi connectivity index (χ4v) is 2.85. The number of carbonyl (C=O) groups is 1. The maximum atomic E-state index is 12.0. The third kappa shape index (κ3) is 3.70. The van der Waals surface area contributed by atoms with E-state index in [-0.39, 0.29) is 5.78 Å². The minimum atomic E-state index is -0.425. The predicted octanol–water partition coefficient (Wildman–Crippen LogP) is 3.01. The minimum absolute atomic E-state index is 0.235. The van der Waals surface area contributed by atoms with Crippen molar-refractivity contribution in [2.75, 3.05) is 6.54 Å². The molecule has 1 rings (SSSR count). The van der Waals surface area contributed by atoms with E-state index in [0.29, 0.717) is 6.42 Å². The molecule has 15 heavy (non-hydrogen) atoms. The van der Waals surface area contributed by atoms with Crippen molar-refractivity contribution in [3.63, 3.8) is 0 Å². The molecular formula is C11H16BrNOS. The molecule has 1 N–H and O–H groups in total. The highest BCUT2D eigenvalue weighted by atomic mass is 79.9. The first-order chi connectivity index (χ1) is 6.95. The summed E-state index contributed by atoms with van der Waals surface area (Å²) in [6, 6.07) is 3.97. The Morgan fingerprint density at radius 2 is 2.20 bits per heavy atom. The second kappa shape index (κ2) is 5.23. The maximum absolute atomic E-state index is 12.0. The van der Waals surface area contributed by atoms with Gasteiger partial charge >= 0.3 is 0 Å². The molecule has 0 spiro atoms. The van der Waals surface area contributed by atoms with Gasteiger partial charge in [0.2, 0.25) is 0 Å². The Morgan fingerprint density at radius 3 is 2.67 bits per heavy atom. The first-order valence-corrected chi connectivity index (χ1v) is 6.59. The van der Waals surface area contributed by atoms with Crippen molar-refractivity contribution in [1.82, 2.24) is 5.32 Å². The molecule has 0 saturated carbocycles. The molecule has 0 fully saturated rings. The molecule has 0 aliphatic rings. The van der Waals surface area contributed by atoms with E-state index >= 15 is 0 Å². The average molecular weight is 290 g/mol. The van der Waals surface area contributed by atoms with Crippen LogP contribution in [0.1, 0.15) is 25.6 Å². The number of thiophene rings is 1. The normalized spacial score (nSPS) is 11.7. The first kappa shape index (κ1) is 12.9. The Morgan fingerprint density at radius 1 is 1.53 bits per heavy atom. The Labute approximate surface area is 103 Å². The minimum Gasteiger partial charge on any atom is -0.306 e. The standard InChI is InChI=1S/C11H16BrNOS/c1-4-13-11(2,3)9(14)7-8-5-6-10(12)15-8/h5-6,13H,4,7H2,1-3H3. The molecule has 0 aromatic carbocycles. The van der Waals surface area contributed by atoms with Crippen molar-refractivity contribution in [2.45, 2.75) is 32.7 Å². The molecule has 0 radical (unpaired) electrons. The van der Waals surface area contributed by atoms with Crippen LogP contribution in [0.15, 0.2) is 15.9 Å². The summed E-state index contributed by atoms with van der Waals surface area (Å²) in [6.45, 7) is 6.69. The fraction of sp³-hybridized carbons (Fsp3) is 0.545. The predicted molar refractivity (Wildman–Crippen MR) is 68.5 cm³/mol. The molecule has 2 nitrogen and oxygen atoms in total. The second-order valence-electron chi connectivity index (χ2n) is 3.96. The quantitative estimate of drug-likeness (QED) is 0.903. The van der Waals surface area contributed by atoms with Gasteiger partial charge in [0.1, 0.15) is 0 Å². The van der Waals surface area contributed by atoms with E-state index in [1.54, 1.807) is 11.3 Å². The van der Waals surface area contributed by atoms with E-state index in [4.69, 9.17) is 0 Å². The number of hydrogen-bond donors (Lipinski definition) is 1. The van der Waals surface area contributed by atoms with Crippen molar-refractivity contribution in [3.05, 3.63) is 20.8 Å². The molecule has 84 valence electrons. The van der Waals surface area contributed by atoms with Crippen LogP contribution in [0, 0.1) is 0 Å². The van der Waals surface area contributed by atoms with Gasteiger partial charge < -0.3 is 5.32 Å². The Bertz CT molecular complexity index is 346. The van der Waals surface area contributed by atoms with Crippen LogP contribution in [-0.2, 0) is 11.2 Å². The van der Waals surface area contributed by atoms with Crippen LogP contribution in [0.3, 0.4) is 0 Å². The van der Waals surface area contributed by atoms with Gasteiger partial charge in [0.15, 0.2) is 5.78 Å². The van der Waals surface area contributed by atoms with Gasteiger partial charge in [-0.15, -0.1) is 11.3 Å². The fourth-order valence-electron chi connectivity index (χ4n) is 1.37. The second-order valence-corrected chi connectivity index (χ2v) is 6.51. The molecule has 0 bridgehead atoms. The summed E-state index contributed by atoms with van der Waals surface area (Å²) in [6.07, 6.45) is 0.510. The van der Waals surface area contributed by atoms with Gasteiger partial charge in [0.25, 0.3) is 0 Å². The number of hydrogen-bond acceptors (Lipinski definition) is 3.